The molecule has 3 rings (SSSR count). The predicted molar refractivity (Wildman–Crippen MR) is 82.8 cm³/mol. The van der Waals surface area contributed by atoms with Crippen molar-refractivity contribution >= 4 is 11.8 Å². The Hall–Kier alpha value is -0.510. The van der Waals surface area contributed by atoms with Gasteiger partial charge in [-0.25, -0.2) is 0 Å². The fourth-order valence-electron chi connectivity index (χ4n) is 3.28. The molecule has 0 saturated carbocycles. The van der Waals surface area contributed by atoms with Gasteiger partial charge in [-0.1, -0.05) is 25.1 Å². The molecule has 0 aliphatic carbocycles. The molecule has 0 amide bonds. The van der Waals surface area contributed by atoms with Crippen LogP contribution in [-0.4, -0.2) is 36.3 Å². The van der Waals surface area contributed by atoms with Gasteiger partial charge in [-0.3, -0.25) is 0 Å². The van der Waals surface area contributed by atoms with Crippen molar-refractivity contribution < 1.29 is 0 Å². The van der Waals surface area contributed by atoms with Crippen molar-refractivity contribution in [2.24, 2.45) is 0 Å². The molecule has 1 fully saturated rings. The number of nitrogens with one attached hydrogen (secondary N) is 1. The highest BCUT2D eigenvalue weighted by molar-refractivity contribution is 7.99. The van der Waals surface area contributed by atoms with Crippen LogP contribution in [0.15, 0.2) is 29.2 Å². The second-order valence-corrected chi connectivity index (χ2v) is 6.76. The lowest BCUT2D eigenvalue weighted by Gasteiger charge is -2.36. The molecular weight excluding hydrogens is 252 g/mol. The Kier molecular flexibility index (Phi) is 4.46. The summed E-state index contributed by atoms with van der Waals surface area (Å²) in [5, 5.41) is 3.92. The molecule has 19 heavy (non-hydrogen) atoms. The summed E-state index contributed by atoms with van der Waals surface area (Å²) in [5.41, 5.74) is 1.52. The maximum absolute atomic E-state index is 3.92. The van der Waals surface area contributed by atoms with Crippen molar-refractivity contribution in [3.8, 4) is 0 Å². The van der Waals surface area contributed by atoms with Crippen LogP contribution in [0, 0.1) is 0 Å². The van der Waals surface area contributed by atoms with Gasteiger partial charge in [-0.15, -0.1) is 11.8 Å². The number of rotatable bonds is 3. The van der Waals surface area contributed by atoms with E-state index < -0.39 is 0 Å². The molecule has 2 aliphatic rings. The van der Waals surface area contributed by atoms with Gasteiger partial charge in [-0.2, -0.15) is 0 Å². The largest absolute Gasteiger partial charge is 0.306 e. The fourth-order valence-corrected chi connectivity index (χ4v) is 4.40. The number of piperidine rings is 1. The van der Waals surface area contributed by atoms with Crippen molar-refractivity contribution in [2.45, 2.75) is 43.2 Å². The normalized spacial score (nSPS) is 28.1. The van der Waals surface area contributed by atoms with Gasteiger partial charge in [0.15, 0.2) is 0 Å². The molecule has 1 aromatic rings. The number of likely N-dealkylation sites (N-methyl/N-ethyl adjacent to an activating group) is 1. The highest BCUT2D eigenvalue weighted by Crippen LogP contribution is 2.36. The van der Waals surface area contributed by atoms with Crippen LogP contribution in [0.4, 0.5) is 0 Å². The highest BCUT2D eigenvalue weighted by atomic mass is 32.2. The minimum absolute atomic E-state index is 0.569. The smallest absolute Gasteiger partial charge is 0.0342 e. The minimum atomic E-state index is 0.569. The summed E-state index contributed by atoms with van der Waals surface area (Å²) in [4.78, 5) is 4.05. The Balaban J connectivity index is 1.67. The van der Waals surface area contributed by atoms with Gasteiger partial charge in [0.25, 0.3) is 0 Å². The van der Waals surface area contributed by atoms with Crippen molar-refractivity contribution in [3.05, 3.63) is 29.8 Å². The second kappa shape index (κ2) is 6.29. The lowest BCUT2D eigenvalue weighted by molar-refractivity contribution is 0.189. The van der Waals surface area contributed by atoms with Crippen molar-refractivity contribution in [1.82, 2.24) is 10.2 Å². The van der Waals surface area contributed by atoms with E-state index in [4.69, 9.17) is 0 Å². The van der Waals surface area contributed by atoms with Crippen LogP contribution >= 0.6 is 11.8 Å². The highest BCUT2D eigenvalue weighted by Gasteiger charge is 2.25. The van der Waals surface area contributed by atoms with Crippen LogP contribution in [-0.2, 0) is 0 Å². The molecule has 0 radical (unpaired) electrons. The summed E-state index contributed by atoms with van der Waals surface area (Å²) >= 11 is 2.01. The third kappa shape index (κ3) is 3.15. The van der Waals surface area contributed by atoms with Gasteiger partial charge in [0.2, 0.25) is 0 Å². The average Bonchev–Trinajstić information content (AvgIpc) is 2.48. The van der Waals surface area contributed by atoms with E-state index in [-0.39, 0.29) is 0 Å². The van der Waals surface area contributed by atoms with Crippen molar-refractivity contribution in [1.29, 1.82) is 0 Å². The molecule has 2 heterocycles. The van der Waals surface area contributed by atoms with Crippen molar-refractivity contribution in [2.75, 3.05) is 25.4 Å². The van der Waals surface area contributed by atoms with Gasteiger partial charge in [-0.05, 0) is 49.7 Å². The standard InChI is InChI=1S/C16H24N2S/c1-2-18-10-5-6-13(12-18)17-15-9-11-19-16-8-4-3-7-14(15)16/h3-4,7-8,13,15,17H,2,5-6,9-12H2,1H3. The molecule has 2 atom stereocenters. The van der Waals surface area contributed by atoms with Gasteiger partial charge < -0.3 is 10.2 Å². The number of benzene rings is 1. The first kappa shape index (κ1) is 13.5. The first-order valence-electron chi connectivity index (χ1n) is 7.57. The molecule has 1 aromatic carbocycles. The fraction of sp³-hybridized carbons (Fsp3) is 0.625. The molecule has 3 heteroatoms. The Morgan fingerprint density at radius 3 is 3.11 bits per heavy atom. The number of hydrogen-bond donors (Lipinski definition) is 1. The van der Waals surface area contributed by atoms with Crippen LogP contribution in [0.25, 0.3) is 0 Å². The summed E-state index contributed by atoms with van der Waals surface area (Å²) in [6.07, 6.45) is 3.95. The summed E-state index contributed by atoms with van der Waals surface area (Å²) in [7, 11) is 0. The Morgan fingerprint density at radius 2 is 2.21 bits per heavy atom. The molecule has 2 aliphatic heterocycles. The first-order valence-corrected chi connectivity index (χ1v) is 8.55. The molecule has 2 unspecified atom stereocenters. The third-order valence-corrected chi connectivity index (χ3v) is 5.47. The van der Waals surface area contributed by atoms with E-state index in [2.05, 4.69) is 41.4 Å². The van der Waals surface area contributed by atoms with E-state index in [0.717, 1.165) is 0 Å². The van der Waals surface area contributed by atoms with E-state index in [9.17, 15) is 0 Å². The van der Waals surface area contributed by atoms with E-state index in [1.54, 1.807) is 0 Å². The maximum atomic E-state index is 3.92. The van der Waals surface area contributed by atoms with E-state index >= 15 is 0 Å². The van der Waals surface area contributed by atoms with Crippen LogP contribution in [0.3, 0.4) is 0 Å². The third-order valence-electron chi connectivity index (χ3n) is 4.35. The second-order valence-electron chi connectivity index (χ2n) is 5.63. The summed E-state index contributed by atoms with van der Waals surface area (Å²) in [6.45, 7) is 5.97. The van der Waals surface area contributed by atoms with Crippen LogP contribution in [0.1, 0.15) is 37.8 Å². The lowest BCUT2D eigenvalue weighted by Crippen LogP contribution is -2.47. The van der Waals surface area contributed by atoms with E-state index in [1.807, 2.05) is 11.8 Å². The lowest BCUT2D eigenvalue weighted by atomic mass is 9.99. The molecule has 0 spiro atoms. The maximum Gasteiger partial charge on any atom is 0.0342 e. The van der Waals surface area contributed by atoms with Crippen LogP contribution < -0.4 is 5.32 Å². The van der Waals surface area contributed by atoms with E-state index in [0.29, 0.717) is 12.1 Å². The summed E-state index contributed by atoms with van der Waals surface area (Å²) < 4.78 is 0. The quantitative estimate of drug-likeness (QED) is 0.912. The van der Waals surface area contributed by atoms with Gasteiger partial charge in [0, 0.05) is 23.5 Å². The van der Waals surface area contributed by atoms with Gasteiger partial charge in [0.05, 0.1) is 0 Å². The Bertz CT molecular complexity index is 421. The molecule has 0 bridgehead atoms. The first-order chi connectivity index (χ1) is 9.36. The number of nitrogens with zero attached hydrogens (tertiary/aromatic N) is 1. The topological polar surface area (TPSA) is 15.3 Å². The monoisotopic (exact) mass is 276 g/mol. The molecule has 1 N–H and O–H groups in total. The van der Waals surface area contributed by atoms with E-state index in [1.165, 1.54) is 55.1 Å². The number of thioether (sulfide) groups is 1. The summed E-state index contributed by atoms with van der Waals surface area (Å²) in [6, 6.07) is 10.2. The molecule has 0 aromatic heterocycles. The predicted octanol–water partition coefficient (Wildman–Crippen LogP) is 3.30. The number of hydrogen-bond acceptors (Lipinski definition) is 3. The van der Waals surface area contributed by atoms with Gasteiger partial charge in [0.1, 0.15) is 0 Å². The molecular formula is C16H24N2S. The zero-order chi connectivity index (χ0) is 13.1. The molecule has 1 saturated heterocycles. The van der Waals surface area contributed by atoms with Crippen LogP contribution in [0.2, 0.25) is 0 Å². The van der Waals surface area contributed by atoms with Crippen LogP contribution in [0.5, 0.6) is 0 Å². The number of fused-ring (bicyclic) bond motifs is 1. The Labute approximate surface area is 121 Å². The van der Waals surface area contributed by atoms with Gasteiger partial charge >= 0.3 is 0 Å². The average molecular weight is 276 g/mol. The summed E-state index contributed by atoms with van der Waals surface area (Å²) in [5.74, 6) is 1.25. The SMILES string of the molecule is CCN1CCCC(NC2CCSc3ccccc32)C1. The molecule has 2 nitrogen and oxygen atoms in total. The zero-order valence-electron chi connectivity index (χ0n) is 11.8. The van der Waals surface area contributed by atoms with Crippen molar-refractivity contribution in [3.63, 3.8) is 0 Å². The Morgan fingerprint density at radius 1 is 1.32 bits per heavy atom. The minimum Gasteiger partial charge on any atom is -0.306 e. The molecule has 104 valence electrons. The number of likely N-dealkylation sites (tertiary alicyclic amines) is 1. The zero-order valence-corrected chi connectivity index (χ0v) is 12.6.